The van der Waals surface area contributed by atoms with Crippen LogP contribution < -0.4 is 9.62 Å². The summed E-state index contributed by atoms with van der Waals surface area (Å²) in [4.78, 5) is 28.3. The van der Waals surface area contributed by atoms with Crippen molar-refractivity contribution >= 4 is 39.1 Å². The zero-order valence-electron chi connectivity index (χ0n) is 21.9. The number of hydrogen-bond donors (Lipinski definition) is 1. The second kappa shape index (κ2) is 13.4. The summed E-state index contributed by atoms with van der Waals surface area (Å²) < 4.78 is 28.9. The van der Waals surface area contributed by atoms with Crippen LogP contribution >= 0.6 is 11.6 Å². The number of carbonyl (C=O) groups excluding carboxylic acids is 2. The van der Waals surface area contributed by atoms with Crippen molar-refractivity contribution < 1.29 is 18.0 Å². The van der Waals surface area contributed by atoms with Gasteiger partial charge in [-0.25, -0.2) is 8.42 Å². The maximum Gasteiger partial charge on any atom is 0.264 e. The number of hydrogen-bond acceptors (Lipinski definition) is 4. The smallest absolute Gasteiger partial charge is 0.264 e. The first-order valence-corrected chi connectivity index (χ1v) is 14.5. The topological polar surface area (TPSA) is 86.8 Å². The maximum absolute atomic E-state index is 13.9. The lowest BCUT2D eigenvalue weighted by Gasteiger charge is -2.32. The van der Waals surface area contributed by atoms with E-state index < -0.39 is 28.5 Å². The van der Waals surface area contributed by atoms with Crippen molar-refractivity contribution in [3.05, 3.63) is 95.0 Å². The summed E-state index contributed by atoms with van der Waals surface area (Å²) in [6.45, 7) is 5.54. The van der Waals surface area contributed by atoms with Crippen LogP contribution in [0.2, 0.25) is 5.02 Å². The number of aryl methyl sites for hydroxylation is 1. The number of nitrogens with one attached hydrogen (secondary N) is 1. The van der Waals surface area contributed by atoms with Crippen molar-refractivity contribution in [1.29, 1.82) is 0 Å². The Kier molecular flexibility index (Phi) is 10.3. The number of nitrogens with zero attached hydrogens (tertiary/aromatic N) is 2. The minimum atomic E-state index is -4.10. The standard InChI is InChI=1S/C29H34ClN3O4S/c1-4-19-31-29(35)22(3)32(20-24-14-9-11-17-26(24)30)28(34)21-33(27-18-12-10-13-23(27)5-2)38(36,37)25-15-7-6-8-16-25/h6-18,22H,4-5,19-21H2,1-3H3,(H,31,35)/t22-/m0/s1. The minimum absolute atomic E-state index is 0.0495. The van der Waals surface area contributed by atoms with E-state index in [9.17, 15) is 18.0 Å². The SMILES string of the molecule is CCCNC(=O)[C@H](C)N(Cc1ccccc1Cl)C(=O)CN(c1ccccc1CC)S(=O)(=O)c1ccccc1. The molecule has 7 nitrogen and oxygen atoms in total. The van der Waals surface area contributed by atoms with Gasteiger partial charge in [0.05, 0.1) is 10.6 Å². The lowest BCUT2D eigenvalue weighted by molar-refractivity contribution is -0.139. The molecule has 3 aromatic carbocycles. The Morgan fingerprint density at radius 1 is 0.895 bits per heavy atom. The van der Waals surface area contributed by atoms with Gasteiger partial charge in [0.1, 0.15) is 12.6 Å². The monoisotopic (exact) mass is 555 g/mol. The number of carbonyl (C=O) groups is 2. The summed E-state index contributed by atoms with van der Waals surface area (Å²) in [5, 5.41) is 3.28. The Hall–Kier alpha value is -3.36. The van der Waals surface area contributed by atoms with Crippen molar-refractivity contribution in [2.24, 2.45) is 0 Å². The van der Waals surface area contributed by atoms with Crippen molar-refractivity contribution in [2.75, 3.05) is 17.4 Å². The van der Waals surface area contributed by atoms with E-state index in [1.165, 1.54) is 17.0 Å². The van der Waals surface area contributed by atoms with Gasteiger partial charge in [-0.2, -0.15) is 0 Å². The first-order valence-electron chi connectivity index (χ1n) is 12.7. The Morgan fingerprint density at radius 2 is 1.50 bits per heavy atom. The van der Waals surface area contributed by atoms with Crippen molar-refractivity contribution in [3.63, 3.8) is 0 Å². The molecule has 38 heavy (non-hydrogen) atoms. The molecule has 0 aliphatic rings. The molecule has 0 saturated heterocycles. The summed E-state index contributed by atoms with van der Waals surface area (Å²) in [5.74, 6) is -0.840. The van der Waals surface area contributed by atoms with E-state index in [4.69, 9.17) is 11.6 Å². The van der Waals surface area contributed by atoms with E-state index in [0.717, 1.165) is 16.3 Å². The van der Waals surface area contributed by atoms with Crippen LogP contribution in [0.4, 0.5) is 5.69 Å². The van der Waals surface area contributed by atoms with Crippen LogP contribution in [-0.2, 0) is 32.6 Å². The number of para-hydroxylation sites is 1. The summed E-state index contributed by atoms with van der Waals surface area (Å²) in [7, 11) is -4.10. The lowest BCUT2D eigenvalue weighted by Crippen LogP contribution is -2.51. The molecule has 0 unspecified atom stereocenters. The fraction of sp³-hybridized carbons (Fsp3) is 0.310. The molecule has 0 bridgehead atoms. The highest BCUT2D eigenvalue weighted by Gasteiger charge is 2.33. The van der Waals surface area contributed by atoms with E-state index in [0.29, 0.717) is 29.2 Å². The van der Waals surface area contributed by atoms with Gasteiger partial charge in [-0.05, 0) is 55.2 Å². The molecule has 0 aliphatic carbocycles. The van der Waals surface area contributed by atoms with Crippen molar-refractivity contribution in [2.45, 2.75) is 51.1 Å². The second-order valence-electron chi connectivity index (χ2n) is 8.89. The van der Waals surface area contributed by atoms with Gasteiger partial charge in [0.2, 0.25) is 11.8 Å². The molecule has 1 atom stereocenters. The van der Waals surface area contributed by atoms with Gasteiger partial charge in [-0.3, -0.25) is 13.9 Å². The molecule has 0 aliphatic heterocycles. The predicted octanol–water partition coefficient (Wildman–Crippen LogP) is 5.04. The van der Waals surface area contributed by atoms with E-state index in [1.807, 2.05) is 26.0 Å². The van der Waals surface area contributed by atoms with Gasteiger partial charge >= 0.3 is 0 Å². The molecule has 2 amide bonds. The Morgan fingerprint density at radius 3 is 2.13 bits per heavy atom. The van der Waals surface area contributed by atoms with Crippen LogP contribution in [-0.4, -0.2) is 44.3 Å². The third-order valence-corrected chi connectivity index (χ3v) is 8.41. The summed E-state index contributed by atoms with van der Waals surface area (Å²) in [6.07, 6.45) is 1.32. The van der Waals surface area contributed by atoms with Crippen LogP contribution in [0.15, 0.2) is 83.8 Å². The van der Waals surface area contributed by atoms with Crippen molar-refractivity contribution in [1.82, 2.24) is 10.2 Å². The molecule has 9 heteroatoms. The molecule has 0 heterocycles. The summed E-state index contributed by atoms with van der Waals surface area (Å²) in [5.41, 5.74) is 1.86. The normalized spacial score (nSPS) is 12.0. The molecule has 0 saturated carbocycles. The van der Waals surface area contributed by atoms with Gasteiger partial charge < -0.3 is 10.2 Å². The van der Waals surface area contributed by atoms with E-state index in [1.54, 1.807) is 61.5 Å². The van der Waals surface area contributed by atoms with Gasteiger partial charge in [-0.1, -0.05) is 80.0 Å². The highest BCUT2D eigenvalue weighted by Crippen LogP contribution is 2.28. The van der Waals surface area contributed by atoms with Crippen LogP contribution in [0.1, 0.15) is 38.3 Å². The molecule has 1 N–H and O–H groups in total. The number of halogens is 1. The Balaban J connectivity index is 2.05. The molecule has 0 fully saturated rings. The Bertz CT molecular complexity index is 1350. The second-order valence-corrected chi connectivity index (χ2v) is 11.2. The molecule has 3 rings (SSSR count). The molecular formula is C29H34ClN3O4S. The number of benzene rings is 3. The minimum Gasteiger partial charge on any atom is -0.354 e. The first kappa shape index (κ1) is 29.2. The quantitative estimate of drug-likeness (QED) is 0.339. The highest BCUT2D eigenvalue weighted by molar-refractivity contribution is 7.92. The largest absolute Gasteiger partial charge is 0.354 e. The average Bonchev–Trinajstić information content (AvgIpc) is 2.94. The fourth-order valence-corrected chi connectivity index (χ4v) is 5.74. The zero-order chi connectivity index (χ0) is 27.7. The summed E-state index contributed by atoms with van der Waals surface area (Å²) in [6, 6.07) is 21.4. The average molecular weight is 556 g/mol. The lowest BCUT2D eigenvalue weighted by atomic mass is 10.1. The number of sulfonamides is 1. The van der Waals surface area contributed by atoms with E-state index in [2.05, 4.69) is 5.32 Å². The van der Waals surface area contributed by atoms with Gasteiger partial charge in [0, 0.05) is 18.1 Å². The predicted molar refractivity (Wildman–Crippen MR) is 152 cm³/mol. The summed E-state index contributed by atoms with van der Waals surface area (Å²) >= 11 is 6.39. The molecule has 0 aromatic heterocycles. The molecule has 0 radical (unpaired) electrons. The van der Waals surface area contributed by atoms with Crippen LogP contribution in [0.5, 0.6) is 0 Å². The van der Waals surface area contributed by atoms with Crippen LogP contribution in [0.3, 0.4) is 0 Å². The Labute approximate surface area is 230 Å². The number of rotatable bonds is 12. The zero-order valence-corrected chi connectivity index (χ0v) is 23.5. The van der Waals surface area contributed by atoms with Gasteiger partial charge in [0.25, 0.3) is 10.0 Å². The maximum atomic E-state index is 13.9. The van der Waals surface area contributed by atoms with Gasteiger partial charge in [-0.15, -0.1) is 0 Å². The van der Waals surface area contributed by atoms with E-state index >= 15 is 0 Å². The molecule has 0 spiro atoms. The molecule has 202 valence electrons. The molecule has 3 aromatic rings. The third kappa shape index (κ3) is 6.94. The van der Waals surface area contributed by atoms with Crippen LogP contribution in [0, 0.1) is 0 Å². The first-order chi connectivity index (χ1) is 18.2. The van der Waals surface area contributed by atoms with Crippen LogP contribution in [0.25, 0.3) is 0 Å². The highest BCUT2D eigenvalue weighted by atomic mass is 35.5. The van der Waals surface area contributed by atoms with Crippen molar-refractivity contribution in [3.8, 4) is 0 Å². The number of amides is 2. The molecular weight excluding hydrogens is 522 g/mol. The van der Waals surface area contributed by atoms with Gasteiger partial charge in [0.15, 0.2) is 0 Å². The van der Waals surface area contributed by atoms with E-state index in [-0.39, 0.29) is 17.3 Å². The third-order valence-electron chi connectivity index (χ3n) is 6.27. The fourth-order valence-electron chi connectivity index (χ4n) is 4.07. The number of anilines is 1.